The molecule has 4 nitrogen and oxygen atoms in total. The fourth-order valence-corrected chi connectivity index (χ4v) is 2.91. The van der Waals surface area contributed by atoms with Crippen LogP contribution in [0.2, 0.25) is 0 Å². The molecule has 0 aromatic heterocycles. The van der Waals surface area contributed by atoms with Gasteiger partial charge in [0.2, 0.25) is 0 Å². The van der Waals surface area contributed by atoms with Gasteiger partial charge in [0.05, 0.1) is 10.1 Å². The number of hydrogen-bond donors (Lipinski definition) is 1. The van der Waals surface area contributed by atoms with Gasteiger partial charge in [-0.3, -0.25) is 0 Å². The summed E-state index contributed by atoms with van der Waals surface area (Å²) in [5, 5.41) is 8.38. The predicted octanol–water partition coefficient (Wildman–Crippen LogP) is 3.14. The van der Waals surface area contributed by atoms with E-state index in [1.165, 1.54) is 18.2 Å². The van der Waals surface area contributed by atoms with Gasteiger partial charge in [0.1, 0.15) is 0 Å². The number of carboxylic acids is 1. The molecule has 1 aromatic rings. The van der Waals surface area contributed by atoms with Crippen LogP contribution in [0.15, 0.2) is 35.2 Å². The van der Waals surface area contributed by atoms with Crippen molar-refractivity contribution in [1.29, 1.82) is 0 Å². The van der Waals surface area contributed by atoms with E-state index < -0.39 is 21.1 Å². The lowest BCUT2D eigenvalue weighted by Crippen LogP contribution is -2.13. The van der Waals surface area contributed by atoms with E-state index in [-0.39, 0.29) is 4.90 Å². The number of carboxylic acid groups (broad SMARTS) is 1. The third-order valence-corrected chi connectivity index (χ3v) is 5.16. The Hall–Kier alpha value is -1.62. The monoisotopic (exact) mass is 296 g/mol. The van der Waals surface area contributed by atoms with Gasteiger partial charge in [-0.05, 0) is 43.5 Å². The summed E-state index contributed by atoms with van der Waals surface area (Å²) in [5.74, 6) is -0.993. The maximum absolute atomic E-state index is 12.0. The number of sulfone groups is 1. The van der Waals surface area contributed by atoms with E-state index in [1.807, 2.05) is 6.92 Å². The van der Waals surface area contributed by atoms with Gasteiger partial charge in [-0.15, -0.1) is 0 Å². The van der Waals surface area contributed by atoms with E-state index in [9.17, 15) is 13.2 Å². The molecule has 0 spiro atoms. The molecule has 110 valence electrons. The van der Waals surface area contributed by atoms with Gasteiger partial charge < -0.3 is 5.11 Å². The van der Waals surface area contributed by atoms with Crippen molar-refractivity contribution in [3.8, 4) is 0 Å². The molecule has 0 aliphatic carbocycles. The second-order valence-corrected chi connectivity index (χ2v) is 7.38. The summed E-state index contributed by atoms with van der Waals surface area (Å²) < 4.78 is 24.0. The van der Waals surface area contributed by atoms with Crippen LogP contribution >= 0.6 is 0 Å². The fourth-order valence-electron chi connectivity index (χ4n) is 1.85. The van der Waals surface area contributed by atoms with Crippen LogP contribution in [0.4, 0.5) is 0 Å². The smallest absolute Gasteiger partial charge is 0.328 e. The van der Waals surface area contributed by atoms with Gasteiger partial charge >= 0.3 is 5.97 Å². The Bertz CT molecular complexity index is 595. The number of allylic oxidation sites excluding steroid dienone is 1. The quantitative estimate of drug-likeness (QED) is 0.819. The van der Waals surface area contributed by atoms with Gasteiger partial charge in [0.25, 0.3) is 0 Å². The van der Waals surface area contributed by atoms with Crippen molar-refractivity contribution in [3.05, 3.63) is 35.9 Å². The van der Waals surface area contributed by atoms with Crippen LogP contribution in [0.5, 0.6) is 0 Å². The number of rotatable bonds is 6. The fraction of sp³-hybridized carbons (Fsp3) is 0.400. The minimum absolute atomic E-state index is 0.266. The molecule has 0 heterocycles. The maximum atomic E-state index is 12.0. The number of aliphatic carboxylic acids is 1. The molecule has 20 heavy (non-hydrogen) atoms. The summed E-state index contributed by atoms with van der Waals surface area (Å²) in [5.41, 5.74) is 1.45. The molecule has 0 unspecified atom stereocenters. The van der Waals surface area contributed by atoms with E-state index in [1.54, 1.807) is 26.0 Å². The lowest BCUT2D eigenvalue weighted by atomic mass is 10.0. The Kier molecular flexibility index (Phi) is 5.51. The molecule has 0 radical (unpaired) electrons. The zero-order valence-corrected chi connectivity index (χ0v) is 12.8. The molecule has 0 aliphatic heterocycles. The first-order valence-corrected chi connectivity index (χ1v) is 8.11. The Morgan fingerprint density at radius 1 is 1.25 bits per heavy atom. The van der Waals surface area contributed by atoms with Gasteiger partial charge in [-0.2, -0.15) is 0 Å². The van der Waals surface area contributed by atoms with Crippen molar-refractivity contribution in [2.75, 3.05) is 0 Å². The normalized spacial score (nSPS) is 12.7. The first-order chi connectivity index (χ1) is 9.28. The van der Waals surface area contributed by atoms with Gasteiger partial charge in [-0.25, -0.2) is 13.2 Å². The Morgan fingerprint density at radius 3 is 2.20 bits per heavy atom. The van der Waals surface area contributed by atoms with Crippen LogP contribution in [0, 0.1) is 0 Å². The zero-order chi connectivity index (χ0) is 15.3. The lowest BCUT2D eigenvalue weighted by Gasteiger charge is -2.10. The van der Waals surface area contributed by atoms with Crippen molar-refractivity contribution in [2.24, 2.45) is 0 Å². The first-order valence-electron chi connectivity index (χ1n) is 6.56. The van der Waals surface area contributed by atoms with Crippen LogP contribution in [-0.2, 0) is 14.6 Å². The summed E-state index contributed by atoms with van der Waals surface area (Å²) in [6.07, 6.45) is 2.64. The Labute approximate surface area is 120 Å². The van der Waals surface area contributed by atoms with Crippen LogP contribution < -0.4 is 0 Å². The maximum Gasteiger partial charge on any atom is 0.328 e. The molecule has 5 heteroatoms. The van der Waals surface area contributed by atoms with Crippen LogP contribution in [-0.4, -0.2) is 24.7 Å². The molecule has 1 aromatic carbocycles. The Morgan fingerprint density at radius 2 is 1.80 bits per heavy atom. The third-order valence-electron chi connectivity index (χ3n) is 2.99. The highest BCUT2D eigenvalue weighted by atomic mass is 32.2. The number of carbonyl (C=O) groups is 1. The highest BCUT2D eigenvalue weighted by molar-refractivity contribution is 7.92. The topological polar surface area (TPSA) is 71.4 Å². The molecule has 0 aliphatic rings. The van der Waals surface area contributed by atoms with Gasteiger partial charge in [0.15, 0.2) is 9.84 Å². The highest BCUT2D eigenvalue weighted by Crippen LogP contribution is 2.23. The van der Waals surface area contributed by atoms with Crippen molar-refractivity contribution in [3.63, 3.8) is 0 Å². The molecule has 0 amide bonds. The summed E-state index contributed by atoms with van der Waals surface area (Å²) in [4.78, 5) is 11.1. The summed E-state index contributed by atoms with van der Waals surface area (Å²) in [7, 11) is -3.29. The van der Waals surface area contributed by atoms with E-state index in [4.69, 9.17) is 5.11 Å². The highest BCUT2D eigenvalue weighted by Gasteiger charge is 2.18. The van der Waals surface area contributed by atoms with Crippen molar-refractivity contribution in [2.45, 2.75) is 43.8 Å². The molecular formula is C15H20O4S. The number of benzene rings is 1. The molecular weight excluding hydrogens is 276 g/mol. The molecule has 0 fully saturated rings. The minimum Gasteiger partial charge on any atom is -0.478 e. The summed E-state index contributed by atoms with van der Waals surface area (Å²) >= 11 is 0. The molecule has 0 atom stereocenters. The van der Waals surface area contributed by atoms with Crippen molar-refractivity contribution in [1.82, 2.24) is 0 Å². The predicted molar refractivity (Wildman–Crippen MR) is 79.3 cm³/mol. The molecule has 0 saturated heterocycles. The second kappa shape index (κ2) is 6.70. The average Bonchev–Trinajstić information content (AvgIpc) is 2.37. The van der Waals surface area contributed by atoms with Crippen molar-refractivity contribution >= 4 is 21.4 Å². The SMILES string of the molecule is CCC/C(=C\C(=O)O)c1ccc(S(=O)(=O)C(C)C)cc1. The van der Waals surface area contributed by atoms with Gasteiger partial charge in [0, 0.05) is 6.08 Å². The van der Waals surface area contributed by atoms with Gasteiger partial charge in [-0.1, -0.05) is 25.5 Å². The van der Waals surface area contributed by atoms with E-state index >= 15 is 0 Å². The number of hydrogen-bond acceptors (Lipinski definition) is 3. The van der Waals surface area contributed by atoms with Crippen LogP contribution in [0.3, 0.4) is 0 Å². The van der Waals surface area contributed by atoms with E-state index in [0.29, 0.717) is 12.0 Å². The largest absolute Gasteiger partial charge is 0.478 e. The summed E-state index contributed by atoms with van der Waals surface area (Å²) in [6.45, 7) is 5.24. The van der Waals surface area contributed by atoms with Crippen molar-refractivity contribution < 1.29 is 18.3 Å². The second-order valence-electron chi connectivity index (χ2n) is 4.88. The summed E-state index contributed by atoms with van der Waals surface area (Å²) in [6, 6.07) is 6.41. The van der Waals surface area contributed by atoms with E-state index in [2.05, 4.69) is 0 Å². The minimum atomic E-state index is -3.29. The first kappa shape index (κ1) is 16.4. The molecule has 1 N–H and O–H groups in total. The molecule has 0 bridgehead atoms. The molecule has 1 rings (SSSR count). The van der Waals surface area contributed by atoms with Crippen LogP contribution in [0.1, 0.15) is 39.2 Å². The third kappa shape index (κ3) is 3.93. The van der Waals surface area contributed by atoms with Crippen LogP contribution in [0.25, 0.3) is 5.57 Å². The average molecular weight is 296 g/mol. The lowest BCUT2D eigenvalue weighted by molar-refractivity contribution is -0.131. The van der Waals surface area contributed by atoms with E-state index in [0.717, 1.165) is 12.0 Å². The molecule has 0 saturated carbocycles. The standard InChI is InChI=1S/C15H20O4S/c1-4-5-13(10-15(16)17)12-6-8-14(9-7-12)20(18,19)11(2)3/h6-11H,4-5H2,1-3H3,(H,16,17)/b13-10+. The zero-order valence-electron chi connectivity index (χ0n) is 12.0. The Balaban J connectivity index is 3.16.